The zero-order chi connectivity index (χ0) is 19.3. The number of aliphatic hydroxyl groups is 1. The second-order valence-electron chi connectivity index (χ2n) is 8.41. The van der Waals surface area contributed by atoms with E-state index in [0.29, 0.717) is 12.1 Å². The molecule has 2 atom stereocenters. The Balaban J connectivity index is 1.31. The van der Waals surface area contributed by atoms with Crippen LogP contribution < -0.4 is 4.74 Å². The predicted molar refractivity (Wildman–Crippen MR) is 108 cm³/mol. The van der Waals surface area contributed by atoms with Gasteiger partial charge in [0.2, 0.25) is 0 Å². The van der Waals surface area contributed by atoms with E-state index in [2.05, 4.69) is 21.9 Å². The molecule has 28 heavy (non-hydrogen) atoms. The first-order valence-electron chi connectivity index (χ1n) is 10.8. The fourth-order valence-electron chi connectivity index (χ4n) is 4.89. The number of carbonyl (C=O) groups excluding carboxylic acids is 1. The maximum atomic E-state index is 12.1. The van der Waals surface area contributed by atoms with Crippen LogP contribution in [-0.2, 0) is 11.3 Å². The molecule has 3 heterocycles. The molecular weight excluding hydrogens is 354 g/mol. The number of fused-ring (bicyclic) bond motifs is 1. The van der Waals surface area contributed by atoms with Gasteiger partial charge >= 0.3 is 0 Å². The van der Waals surface area contributed by atoms with E-state index in [9.17, 15) is 9.90 Å². The van der Waals surface area contributed by atoms with Crippen LogP contribution in [0.3, 0.4) is 0 Å². The third-order valence-corrected chi connectivity index (χ3v) is 6.50. The molecule has 0 unspecified atom stereocenters. The molecule has 154 valence electrons. The molecule has 0 spiro atoms. The standard InChI is InChI=1S/C22H33N3O3/c26-13-9-20-15-24-12-3-4-19(24)16-25(20)14-18-5-7-21(8-6-18)28-17-22(27)23-10-1-2-11-23/h5-8,19-20,26H,1-4,9-17H2/t19-,20+/m1/s1. The van der Waals surface area contributed by atoms with Gasteiger partial charge < -0.3 is 14.7 Å². The molecule has 3 aliphatic rings. The number of nitrogens with zero attached hydrogens (tertiary/aromatic N) is 3. The highest BCUT2D eigenvalue weighted by Gasteiger charge is 2.35. The Bertz CT molecular complexity index is 645. The SMILES string of the molecule is O=C(COc1ccc(CN2C[C@H]3CCCN3C[C@@H]2CCO)cc1)N1CCCC1. The van der Waals surface area contributed by atoms with Gasteiger partial charge in [0.25, 0.3) is 5.91 Å². The molecule has 0 bridgehead atoms. The van der Waals surface area contributed by atoms with Crippen molar-refractivity contribution in [3.8, 4) is 5.75 Å². The summed E-state index contributed by atoms with van der Waals surface area (Å²) in [6, 6.07) is 9.25. The van der Waals surface area contributed by atoms with Crippen molar-refractivity contribution in [3.05, 3.63) is 29.8 Å². The van der Waals surface area contributed by atoms with Crippen LogP contribution in [0.1, 0.15) is 37.7 Å². The quantitative estimate of drug-likeness (QED) is 0.772. The molecule has 4 rings (SSSR count). The topological polar surface area (TPSA) is 56.3 Å². The van der Waals surface area contributed by atoms with Crippen molar-refractivity contribution in [3.63, 3.8) is 0 Å². The number of hydrogen-bond donors (Lipinski definition) is 1. The van der Waals surface area contributed by atoms with Crippen molar-refractivity contribution in [1.82, 2.24) is 14.7 Å². The van der Waals surface area contributed by atoms with E-state index in [1.807, 2.05) is 17.0 Å². The Hall–Kier alpha value is -1.63. The number of benzene rings is 1. The summed E-state index contributed by atoms with van der Waals surface area (Å²) in [6.45, 7) is 6.39. The summed E-state index contributed by atoms with van der Waals surface area (Å²) in [5.74, 6) is 0.840. The van der Waals surface area contributed by atoms with Gasteiger partial charge in [0.1, 0.15) is 5.75 Å². The van der Waals surface area contributed by atoms with Crippen molar-refractivity contribution < 1.29 is 14.6 Å². The third kappa shape index (κ3) is 4.67. The van der Waals surface area contributed by atoms with Crippen LogP contribution in [0.5, 0.6) is 5.75 Å². The van der Waals surface area contributed by atoms with Gasteiger partial charge in [-0.1, -0.05) is 12.1 Å². The maximum absolute atomic E-state index is 12.1. The molecular formula is C22H33N3O3. The highest BCUT2D eigenvalue weighted by Crippen LogP contribution is 2.27. The first-order chi connectivity index (χ1) is 13.7. The summed E-state index contributed by atoms with van der Waals surface area (Å²) in [4.78, 5) is 19.1. The summed E-state index contributed by atoms with van der Waals surface area (Å²) in [5, 5.41) is 9.47. The lowest BCUT2D eigenvalue weighted by Gasteiger charge is -2.43. The summed E-state index contributed by atoms with van der Waals surface area (Å²) in [6.07, 6.45) is 5.63. The van der Waals surface area contributed by atoms with Crippen LogP contribution in [0.2, 0.25) is 0 Å². The molecule has 0 aliphatic carbocycles. The van der Waals surface area contributed by atoms with E-state index in [4.69, 9.17) is 4.74 Å². The van der Waals surface area contributed by atoms with Crippen LogP contribution >= 0.6 is 0 Å². The summed E-state index contributed by atoms with van der Waals surface area (Å²) in [7, 11) is 0. The van der Waals surface area contributed by atoms with E-state index >= 15 is 0 Å². The number of amides is 1. The van der Waals surface area contributed by atoms with Crippen LogP contribution in [0.25, 0.3) is 0 Å². The van der Waals surface area contributed by atoms with Gasteiger partial charge in [0.05, 0.1) is 0 Å². The minimum absolute atomic E-state index is 0.0860. The number of carbonyl (C=O) groups is 1. The van der Waals surface area contributed by atoms with Gasteiger partial charge in [-0.15, -0.1) is 0 Å². The lowest BCUT2D eigenvalue weighted by molar-refractivity contribution is -0.132. The van der Waals surface area contributed by atoms with Gasteiger partial charge in [-0.2, -0.15) is 0 Å². The second kappa shape index (κ2) is 9.25. The smallest absolute Gasteiger partial charge is 0.260 e. The zero-order valence-electron chi connectivity index (χ0n) is 16.8. The number of aliphatic hydroxyl groups excluding tert-OH is 1. The van der Waals surface area contributed by atoms with Crippen molar-refractivity contribution in [2.45, 2.75) is 50.7 Å². The molecule has 1 aromatic rings. The predicted octanol–water partition coefficient (Wildman–Crippen LogP) is 1.72. The molecule has 3 aliphatic heterocycles. The molecule has 0 radical (unpaired) electrons. The first kappa shape index (κ1) is 19.7. The van der Waals surface area contributed by atoms with Crippen molar-refractivity contribution in [2.24, 2.45) is 0 Å². The van der Waals surface area contributed by atoms with Crippen LogP contribution in [-0.4, -0.2) is 83.7 Å². The average Bonchev–Trinajstić information content (AvgIpc) is 3.39. The van der Waals surface area contributed by atoms with Gasteiger partial charge in [-0.25, -0.2) is 0 Å². The van der Waals surface area contributed by atoms with Crippen LogP contribution in [0, 0.1) is 0 Å². The van der Waals surface area contributed by atoms with E-state index in [1.165, 1.54) is 24.9 Å². The van der Waals surface area contributed by atoms with Gasteiger partial charge in [0, 0.05) is 51.4 Å². The summed E-state index contributed by atoms with van der Waals surface area (Å²) < 4.78 is 5.70. The Morgan fingerprint density at radius 1 is 1.07 bits per heavy atom. The van der Waals surface area contributed by atoms with Gasteiger partial charge in [-0.05, 0) is 56.3 Å². The molecule has 6 nitrogen and oxygen atoms in total. The minimum atomic E-state index is 0.0860. The van der Waals surface area contributed by atoms with Crippen molar-refractivity contribution in [1.29, 1.82) is 0 Å². The first-order valence-corrected chi connectivity index (χ1v) is 10.8. The monoisotopic (exact) mass is 387 g/mol. The normalized spacial score (nSPS) is 25.8. The minimum Gasteiger partial charge on any atom is -0.484 e. The molecule has 3 saturated heterocycles. The van der Waals surface area contributed by atoms with E-state index < -0.39 is 0 Å². The molecule has 0 saturated carbocycles. The Labute approximate surface area is 168 Å². The van der Waals surface area contributed by atoms with Crippen LogP contribution in [0.15, 0.2) is 24.3 Å². The number of hydrogen-bond acceptors (Lipinski definition) is 5. The number of ether oxygens (including phenoxy) is 1. The van der Waals surface area contributed by atoms with Crippen molar-refractivity contribution >= 4 is 5.91 Å². The van der Waals surface area contributed by atoms with Crippen LogP contribution in [0.4, 0.5) is 0 Å². The summed E-state index contributed by atoms with van der Waals surface area (Å²) >= 11 is 0. The molecule has 1 amide bonds. The van der Waals surface area contributed by atoms with E-state index in [0.717, 1.165) is 57.7 Å². The fourth-order valence-corrected chi connectivity index (χ4v) is 4.89. The number of rotatable bonds is 7. The second-order valence-corrected chi connectivity index (χ2v) is 8.41. The highest BCUT2D eigenvalue weighted by molar-refractivity contribution is 5.78. The largest absolute Gasteiger partial charge is 0.484 e. The van der Waals surface area contributed by atoms with E-state index in [1.54, 1.807) is 0 Å². The zero-order valence-corrected chi connectivity index (χ0v) is 16.8. The molecule has 3 fully saturated rings. The summed E-state index contributed by atoms with van der Waals surface area (Å²) in [5.41, 5.74) is 1.26. The fraction of sp³-hybridized carbons (Fsp3) is 0.682. The number of likely N-dealkylation sites (tertiary alicyclic amines) is 1. The van der Waals surface area contributed by atoms with Gasteiger partial charge in [0.15, 0.2) is 6.61 Å². The Morgan fingerprint density at radius 3 is 2.61 bits per heavy atom. The third-order valence-electron chi connectivity index (χ3n) is 6.50. The number of piperazine rings is 1. The Kier molecular flexibility index (Phi) is 6.50. The molecule has 0 aromatic heterocycles. The van der Waals surface area contributed by atoms with Gasteiger partial charge in [-0.3, -0.25) is 14.6 Å². The Morgan fingerprint density at radius 2 is 1.86 bits per heavy atom. The molecule has 1 N–H and O–H groups in total. The van der Waals surface area contributed by atoms with Crippen molar-refractivity contribution in [2.75, 3.05) is 45.9 Å². The highest BCUT2D eigenvalue weighted by atomic mass is 16.5. The molecule has 6 heteroatoms. The maximum Gasteiger partial charge on any atom is 0.260 e. The van der Waals surface area contributed by atoms with E-state index in [-0.39, 0.29) is 19.1 Å². The molecule has 1 aromatic carbocycles. The lowest BCUT2D eigenvalue weighted by atomic mass is 10.0. The average molecular weight is 388 g/mol. The lowest BCUT2D eigenvalue weighted by Crippen LogP contribution is -2.55.